The Morgan fingerprint density at radius 1 is 1.40 bits per heavy atom. The minimum Gasteiger partial charge on any atom is -0.312 e. The first kappa shape index (κ1) is 6.58. The first-order chi connectivity index (χ1) is 4.88. The summed E-state index contributed by atoms with van der Waals surface area (Å²) in [6, 6.07) is 1.33. The van der Waals surface area contributed by atoms with Crippen molar-refractivity contribution in [3.63, 3.8) is 0 Å². The Balaban J connectivity index is 2.03. The highest BCUT2D eigenvalue weighted by Crippen LogP contribution is 2.20. The van der Waals surface area contributed by atoms with Gasteiger partial charge >= 0.3 is 0 Å². The molecule has 3 N–H and O–H groups in total. The predicted octanol–water partition coefficient (Wildman–Crippen LogP) is -0.314. The van der Waals surface area contributed by atoms with Crippen molar-refractivity contribution in [2.45, 2.75) is 31.3 Å². The number of piperidine rings is 1. The molecule has 2 rings (SSSR count). The molecule has 2 aliphatic heterocycles. The molecule has 0 aliphatic carbocycles. The van der Waals surface area contributed by atoms with E-state index in [1.807, 2.05) is 5.01 Å². The lowest BCUT2D eigenvalue weighted by Crippen LogP contribution is -2.51. The summed E-state index contributed by atoms with van der Waals surface area (Å²) in [4.78, 5) is 0. The molecule has 0 radical (unpaired) electrons. The Morgan fingerprint density at radius 2 is 2.30 bits per heavy atom. The Bertz CT molecular complexity index is 126. The fourth-order valence-electron chi connectivity index (χ4n) is 2.10. The van der Waals surface area contributed by atoms with Crippen molar-refractivity contribution >= 4 is 0 Å². The molecule has 10 heavy (non-hydrogen) atoms. The molecular formula is C7H15N3. The van der Waals surface area contributed by atoms with E-state index in [0.29, 0.717) is 12.1 Å². The fourth-order valence-corrected chi connectivity index (χ4v) is 2.10. The van der Waals surface area contributed by atoms with Gasteiger partial charge in [-0.3, -0.25) is 5.84 Å². The van der Waals surface area contributed by atoms with Crippen LogP contribution in [-0.2, 0) is 0 Å². The predicted molar refractivity (Wildman–Crippen MR) is 40.3 cm³/mol. The Labute approximate surface area is 61.5 Å². The molecule has 0 saturated carbocycles. The molecule has 3 heteroatoms. The number of hydrazine groups is 1. The minimum absolute atomic E-state index is 0.633. The average Bonchev–Trinajstić information content (AvgIpc) is 2.36. The van der Waals surface area contributed by atoms with Crippen LogP contribution in [0.5, 0.6) is 0 Å². The topological polar surface area (TPSA) is 41.3 Å². The highest BCUT2D eigenvalue weighted by atomic mass is 15.4. The van der Waals surface area contributed by atoms with E-state index in [4.69, 9.17) is 5.84 Å². The molecule has 0 spiro atoms. The van der Waals surface area contributed by atoms with Crippen LogP contribution in [0.1, 0.15) is 19.3 Å². The van der Waals surface area contributed by atoms with Crippen molar-refractivity contribution in [1.29, 1.82) is 0 Å². The highest BCUT2D eigenvalue weighted by Gasteiger charge is 2.32. The summed E-state index contributed by atoms with van der Waals surface area (Å²) in [7, 11) is 0. The van der Waals surface area contributed by atoms with Crippen molar-refractivity contribution in [3.05, 3.63) is 0 Å². The molecule has 2 atom stereocenters. The summed E-state index contributed by atoms with van der Waals surface area (Å²) in [6.07, 6.45) is 3.81. The van der Waals surface area contributed by atoms with Gasteiger partial charge in [0.15, 0.2) is 0 Å². The molecule has 3 nitrogen and oxygen atoms in total. The van der Waals surface area contributed by atoms with Gasteiger partial charge in [-0.1, -0.05) is 0 Å². The first-order valence-corrected chi connectivity index (χ1v) is 4.12. The largest absolute Gasteiger partial charge is 0.312 e. The third kappa shape index (κ3) is 0.944. The number of rotatable bonds is 0. The zero-order valence-corrected chi connectivity index (χ0v) is 6.21. The van der Waals surface area contributed by atoms with Gasteiger partial charge in [0.1, 0.15) is 0 Å². The maximum absolute atomic E-state index is 5.81. The molecule has 2 heterocycles. The van der Waals surface area contributed by atoms with Crippen molar-refractivity contribution in [3.8, 4) is 0 Å². The summed E-state index contributed by atoms with van der Waals surface area (Å²) >= 11 is 0. The van der Waals surface area contributed by atoms with Gasteiger partial charge in [0, 0.05) is 18.6 Å². The molecule has 0 unspecified atom stereocenters. The number of nitrogens with one attached hydrogen (secondary N) is 1. The van der Waals surface area contributed by atoms with Crippen LogP contribution in [0.4, 0.5) is 0 Å². The van der Waals surface area contributed by atoms with Gasteiger partial charge in [0.25, 0.3) is 0 Å². The summed E-state index contributed by atoms with van der Waals surface area (Å²) in [5, 5.41) is 5.48. The SMILES string of the molecule is NN1CCC[C@H]2NCC[C@H]21. The van der Waals surface area contributed by atoms with Crippen molar-refractivity contribution < 1.29 is 0 Å². The van der Waals surface area contributed by atoms with E-state index in [0.717, 1.165) is 13.1 Å². The van der Waals surface area contributed by atoms with Crippen LogP contribution < -0.4 is 11.2 Å². The molecular weight excluding hydrogens is 126 g/mol. The summed E-state index contributed by atoms with van der Waals surface area (Å²) in [5.41, 5.74) is 0. The number of fused-ring (bicyclic) bond motifs is 1. The molecule has 0 aromatic carbocycles. The van der Waals surface area contributed by atoms with Crippen molar-refractivity contribution in [2.24, 2.45) is 5.84 Å². The monoisotopic (exact) mass is 141 g/mol. The van der Waals surface area contributed by atoms with Crippen LogP contribution >= 0.6 is 0 Å². The molecule has 0 aromatic heterocycles. The zero-order chi connectivity index (χ0) is 6.97. The van der Waals surface area contributed by atoms with E-state index in [-0.39, 0.29) is 0 Å². The Kier molecular flexibility index (Phi) is 1.64. The van der Waals surface area contributed by atoms with Gasteiger partial charge < -0.3 is 5.32 Å². The Morgan fingerprint density at radius 3 is 3.10 bits per heavy atom. The van der Waals surface area contributed by atoms with Crippen LogP contribution in [0.15, 0.2) is 0 Å². The van der Waals surface area contributed by atoms with Crippen LogP contribution in [-0.4, -0.2) is 30.2 Å². The number of hydrogen-bond acceptors (Lipinski definition) is 3. The molecule has 0 bridgehead atoms. The summed E-state index contributed by atoms with van der Waals surface area (Å²) in [6.45, 7) is 2.24. The van der Waals surface area contributed by atoms with Crippen LogP contribution in [0, 0.1) is 0 Å². The van der Waals surface area contributed by atoms with Gasteiger partial charge in [-0.05, 0) is 25.8 Å². The van der Waals surface area contributed by atoms with Crippen LogP contribution in [0.25, 0.3) is 0 Å². The maximum Gasteiger partial charge on any atom is 0.0406 e. The summed E-state index contributed by atoms with van der Waals surface area (Å²) < 4.78 is 0. The van der Waals surface area contributed by atoms with E-state index < -0.39 is 0 Å². The highest BCUT2D eigenvalue weighted by molar-refractivity contribution is 4.92. The van der Waals surface area contributed by atoms with Crippen molar-refractivity contribution in [2.75, 3.05) is 13.1 Å². The molecule has 0 amide bonds. The van der Waals surface area contributed by atoms with Gasteiger partial charge in [-0.25, -0.2) is 5.01 Å². The van der Waals surface area contributed by atoms with E-state index in [1.54, 1.807) is 0 Å². The lowest BCUT2D eigenvalue weighted by molar-refractivity contribution is 0.140. The lowest BCUT2D eigenvalue weighted by Gasteiger charge is -2.33. The van der Waals surface area contributed by atoms with E-state index in [9.17, 15) is 0 Å². The molecule has 2 saturated heterocycles. The Hall–Kier alpha value is -0.120. The minimum atomic E-state index is 0.633. The second-order valence-electron chi connectivity index (χ2n) is 3.30. The summed E-state index contributed by atoms with van der Waals surface area (Å²) in [5.74, 6) is 5.81. The van der Waals surface area contributed by atoms with Gasteiger partial charge in [-0.2, -0.15) is 0 Å². The number of nitrogens with zero attached hydrogens (tertiary/aromatic N) is 1. The van der Waals surface area contributed by atoms with Crippen LogP contribution in [0.2, 0.25) is 0 Å². The van der Waals surface area contributed by atoms with Gasteiger partial charge in [0.05, 0.1) is 0 Å². The van der Waals surface area contributed by atoms with E-state index in [2.05, 4.69) is 5.32 Å². The third-order valence-corrected chi connectivity index (χ3v) is 2.67. The molecule has 2 fully saturated rings. The number of hydrogen-bond donors (Lipinski definition) is 2. The smallest absolute Gasteiger partial charge is 0.0406 e. The quantitative estimate of drug-likeness (QED) is 0.454. The second kappa shape index (κ2) is 2.49. The fraction of sp³-hybridized carbons (Fsp3) is 1.00. The third-order valence-electron chi connectivity index (χ3n) is 2.67. The number of nitrogens with two attached hydrogens (primary N) is 1. The standard InChI is InChI=1S/C7H15N3/c8-10-5-1-2-6-7(10)3-4-9-6/h6-7,9H,1-5,8H2/t6-,7-/m1/s1. The maximum atomic E-state index is 5.81. The van der Waals surface area contributed by atoms with Gasteiger partial charge in [-0.15, -0.1) is 0 Å². The first-order valence-electron chi connectivity index (χ1n) is 4.12. The van der Waals surface area contributed by atoms with Crippen LogP contribution in [0.3, 0.4) is 0 Å². The second-order valence-corrected chi connectivity index (χ2v) is 3.30. The molecule has 0 aromatic rings. The van der Waals surface area contributed by atoms with Crippen molar-refractivity contribution in [1.82, 2.24) is 10.3 Å². The van der Waals surface area contributed by atoms with E-state index >= 15 is 0 Å². The zero-order valence-electron chi connectivity index (χ0n) is 6.21. The molecule has 58 valence electrons. The molecule has 2 aliphatic rings. The van der Waals surface area contributed by atoms with E-state index in [1.165, 1.54) is 19.3 Å². The average molecular weight is 141 g/mol. The normalized spacial score (nSPS) is 41.7. The van der Waals surface area contributed by atoms with Gasteiger partial charge in [0.2, 0.25) is 0 Å². The lowest BCUT2D eigenvalue weighted by atomic mass is 9.99.